The van der Waals surface area contributed by atoms with Gasteiger partial charge in [-0.3, -0.25) is 4.79 Å². The molecule has 0 atom stereocenters. The first-order chi connectivity index (χ1) is 11.1. The fourth-order valence-corrected chi connectivity index (χ4v) is 4.16. The average molecular weight is 322 g/mol. The largest absolute Gasteiger partial charge is 0.338 e. The lowest BCUT2D eigenvalue weighted by Gasteiger charge is -2.39. The van der Waals surface area contributed by atoms with Gasteiger partial charge < -0.3 is 20.9 Å². The highest BCUT2D eigenvalue weighted by Gasteiger charge is 2.40. The number of amides is 3. The minimum atomic E-state index is -0.646. The molecule has 3 amide bonds. The third kappa shape index (κ3) is 3.79. The fourth-order valence-electron chi connectivity index (χ4n) is 4.16. The van der Waals surface area contributed by atoms with Crippen LogP contribution in [0.2, 0.25) is 0 Å². The molecule has 6 nitrogen and oxygen atoms in total. The van der Waals surface area contributed by atoms with E-state index >= 15 is 0 Å². The van der Waals surface area contributed by atoms with E-state index in [4.69, 9.17) is 5.73 Å². The van der Waals surface area contributed by atoms with Gasteiger partial charge in [0, 0.05) is 32.2 Å². The molecule has 0 bridgehead atoms. The molecule has 3 fully saturated rings. The predicted molar refractivity (Wildman–Crippen MR) is 88.9 cm³/mol. The summed E-state index contributed by atoms with van der Waals surface area (Å²) in [6.07, 6.45) is 9.60. The Hall–Kier alpha value is -1.30. The van der Waals surface area contributed by atoms with Crippen LogP contribution in [0.4, 0.5) is 4.79 Å². The van der Waals surface area contributed by atoms with Crippen LogP contribution >= 0.6 is 0 Å². The van der Waals surface area contributed by atoms with Crippen molar-refractivity contribution in [2.24, 2.45) is 5.73 Å². The van der Waals surface area contributed by atoms with Gasteiger partial charge in [-0.15, -0.1) is 0 Å². The number of carbonyl (C=O) groups excluding carboxylic acids is 2. The van der Waals surface area contributed by atoms with Gasteiger partial charge in [-0.1, -0.05) is 32.1 Å². The third-order valence-electron chi connectivity index (χ3n) is 5.71. The van der Waals surface area contributed by atoms with Crippen LogP contribution < -0.4 is 11.1 Å². The van der Waals surface area contributed by atoms with Gasteiger partial charge in [-0.25, -0.2) is 4.79 Å². The Balaban J connectivity index is 1.46. The summed E-state index contributed by atoms with van der Waals surface area (Å²) in [5.74, 6) is 0.0855. The number of nitrogens with one attached hydrogen (secondary N) is 1. The summed E-state index contributed by atoms with van der Waals surface area (Å²) in [6, 6.07) is 0.369. The second-order valence-corrected chi connectivity index (χ2v) is 7.43. The lowest BCUT2D eigenvalue weighted by molar-refractivity contribution is -0.138. The zero-order valence-corrected chi connectivity index (χ0v) is 14.1. The molecule has 130 valence electrons. The van der Waals surface area contributed by atoms with Crippen LogP contribution in [0.3, 0.4) is 0 Å². The molecule has 1 aliphatic heterocycles. The quantitative estimate of drug-likeness (QED) is 0.807. The molecule has 0 unspecified atom stereocenters. The van der Waals surface area contributed by atoms with Gasteiger partial charge in [0.15, 0.2) is 0 Å². The maximum atomic E-state index is 12.6. The Kier molecular flexibility index (Phi) is 5.09. The summed E-state index contributed by atoms with van der Waals surface area (Å²) in [7, 11) is 0. The lowest BCUT2D eigenvalue weighted by atomic mass is 9.95. The van der Waals surface area contributed by atoms with Crippen molar-refractivity contribution >= 4 is 11.9 Å². The second kappa shape index (κ2) is 7.07. The van der Waals surface area contributed by atoms with Crippen LogP contribution in [0, 0.1) is 0 Å². The van der Waals surface area contributed by atoms with E-state index in [1.54, 1.807) is 0 Å². The molecule has 0 spiro atoms. The van der Waals surface area contributed by atoms with Crippen molar-refractivity contribution in [2.75, 3.05) is 26.2 Å². The van der Waals surface area contributed by atoms with Crippen molar-refractivity contribution in [3.05, 3.63) is 0 Å². The van der Waals surface area contributed by atoms with Crippen LogP contribution in [-0.2, 0) is 4.79 Å². The Morgan fingerprint density at radius 2 is 1.43 bits per heavy atom. The van der Waals surface area contributed by atoms with Crippen molar-refractivity contribution in [3.63, 3.8) is 0 Å². The summed E-state index contributed by atoms with van der Waals surface area (Å²) < 4.78 is 0. The van der Waals surface area contributed by atoms with E-state index in [0.717, 1.165) is 38.5 Å². The van der Waals surface area contributed by atoms with E-state index in [1.165, 1.54) is 19.3 Å². The van der Waals surface area contributed by atoms with Gasteiger partial charge in [0.25, 0.3) is 0 Å². The van der Waals surface area contributed by atoms with E-state index in [9.17, 15) is 9.59 Å². The van der Waals surface area contributed by atoms with E-state index in [2.05, 4.69) is 5.32 Å². The molecule has 2 aliphatic carbocycles. The second-order valence-electron chi connectivity index (χ2n) is 7.43. The highest BCUT2D eigenvalue weighted by atomic mass is 16.2. The molecule has 6 heteroatoms. The van der Waals surface area contributed by atoms with Gasteiger partial charge in [-0.05, 0) is 25.7 Å². The fraction of sp³-hybridized carbons (Fsp3) is 0.882. The van der Waals surface area contributed by atoms with Crippen LogP contribution in [0.25, 0.3) is 0 Å². The normalized spacial score (nSPS) is 25.4. The van der Waals surface area contributed by atoms with Crippen LogP contribution in [0.1, 0.15) is 57.8 Å². The van der Waals surface area contributed by atoms with Crippen molar-refractivity contribution in [1.82, 2.24) is 15.1 Å². The van der Waals surface area contributed by atoms with Gasteiger partial charge in [0.1, 0.15) is 0 Å². The standard InChI is InChI=1S/C17H30N4O2/c18-17(8-4-5-9-17)15(22)20-10-12-21(13-11-20)16(23)19-14-6-2-1-3-7-14/h14H,1-13,18H2,(H,19,23). The number of hydrogen-bond donors (Lipinski definition) is 2. The molecule has 1 heterocycles. The number of nitrogens with two attached hydrogens (primary N) is 1. The summed E-state index contributed by atoms with van der Waals surface area (Å²) in [4.78, 5) is 28.6. The molecule has 1 saturated heterocycles. The Morgan fingerprint density at radius 3 is 2.04 bits per heavy atom. The first-order valence-corrected chi connectivity index (χ1v) is 9.22. The van der Waals surface area contributed by atoms with Crippen molar-refractivity contribution in [2.45, 2.75) is 69.4 Å². The van der Waals surface area contributed by atoms with Gasteiger partial charge in [-0.2, -0.15) is 0 Å². The molecular formula is C17H30N4O2. The zero-order valence-electron chi connectivity index (χ0n) is 14.1. The average Bonchev–Trinajstić information content (AvgIpc) is 3.03. The van der Waals surface area contributed by atoms with Crippen molar-refractivity contribution in [1.29, 1.82) is 0 Å². The van der Waals surface area contributed by atoms with Crippen LogP contribution in [0.5, 0.6) is 0 Å². The number of carbonyl (C=O) groups is 2. The molecule has 0 aromatic heterocycles. The number of nitrogens with zero attached hydrogens (tertiary/aromatic N) is 2. The van der Waals surface area contributed by atoms with Crippen LogP contribution in [0.15, 0.2) is 0 Å². The van der Waals surface area contributed by atoms with E-state index in [1.807, 2.05) is 9.80 Å². The highest BCUT2D eigenvalue weighted by Crippen LogP contribution is 2.29. The molecule has 3 rings (SSSR count). The number of piperazine rings is 1. The summed E-state index contributed by atoms with van der Waals surface area (Å²) in [5, 5.41) is 3.15. The maximum Gasteiger partial charge on any atom is 0.317 e. The topological polar surface area (TPSA) is 78.7 Å². The van der Waals surface area contributed by atoms with Gasteiger partial charge in [0.05, 0.1) is 5.54 Å². The molecule has 3 N–H and O–H groups in total. The zero-order chi connectivity index (χ0) is 16.3. The van der Waals surface area contributed by atoms with Crippen molar-refractivity contribution < 1.29 is 9.59 Å². The molecule has 2 saturated carbocycles. The molecule has 0 aromatic carbocycles. The monoisotopic (exact) mass is 322 g/mol. The smallest absolute Gasteiger partial charge is 0.317 e. The number of hydrogen-bond acceptors (Lipinski definition) is 3. The number of urea groups is 1. The molecule has 0 radical (unpaired) electrons. The minimum Gasteiger partial charge on any atom is -0.338 e. The van der Waals surface area contributed by atoms with Crippen LogP contribution in [-0.4, -0.2) is 59.5 Å². The summed E-state index contributed by atoms with van der Waals surface area (Å²) in [6.45, 7) is 2.44. The molecular weight excluding hydrogens is 292 g/mol. The lowest BCUT2D eigenvalue weighted by Crippen LogP contribution is -2.60. The van der Waals surface area contributed by atoms with E-state index < -0.39 is 5.54 Å². The summed E-state index contributed by atoms with van der Waals surface area (Å²) in [5.41, 5.74) is 5.62. The molecule has 3 aliphatic rings. The Labute approximate surface area is 138 Å². The first-order valence-electron chi connectivity index (χ1n) is 9.22. The highest BCUT2D eigenvalue weighted by molar-refractivity contribution is 5.86. The Bertz CT molecular complexity index is 434. The molecule has 23 heavy (non-hydrogen) atoms. The van der Waals surface area contributed by atoms with Gasteiger partial charge >= 0.3 is 6.03 Å². The Morgan fingerprint density at radius 1 is 0.870 bits per heavy atom. The maximum absolute atomic E-state index is 12.6. The summed E-state index contributed by atoms with van der Waals surface area (Å²) >= 11 is 0. The predicted octanol–water partition coefficient (Wildman–Crippen LogP) is 1.44. The molecule has 0 aromatic rings. The van der Waals surface area contributed by atoms with Crippen molar-refractivity contribution in [3.8, 4) is 0 Å². The van der Waals surface area contributed by atoms with E-state index in [-0.39, 0.29) is 11.9 Å². The third-order valence-corrected chi connectivity index (χ3v) is 5.71. The minimum absolute atomic E-state index is 0.0346. The van der Waals surface area contributed by atoms with E-state index in [0.29, 0.717) is 32.2 Å². The first kappa shape index (κ1) is 16.6. The van der Waals surface area contributed by atoms with Gasteiger partial charge in [0.2, 0.25) is 5.91 Å². The SMILES string of the molecule is NC1(C(=O)N2CCN(C(=O)NC3CCCCC3)CC2)CCCC1. The number of rotatable bonds is 2.